The Bertz CT molecular complexity index is 1100. The van der Waals surface area contributed by atoms with Gasteiger partial charge in [0, 0.05) is 24.3 Å². The maximum Gasteiger partial charge on any atom is 0.167 e. The number of methoxy groups -OCH3 is 1. The van der Waals surface area contributed by atoms with Crippen LogP contribution in [0, 0.1) is 6.92 Å². The van der Waals surface area contributed by atoms with E-state index in [2.05, 4.69) is 36.3 Å². The summed E-state index contributed by atoms with van der Waals surface area (Å²) in [5, 5.41) is 13.5. The van der Waals surface area contributed by atoms with E-state index in [-0.39, 0.29) is 6.61 Å². The smallest absolute Gasteiger partial charge is 0.167 e. The van der Waals surface area contributed by atoms with E-state index in [0.29, 0.717) is 12.4 Å². The van der Waals surface area contributed by atoms with Crippen molar-refractivity contribution < 1.29 is 14.4 Å². The molecule has 1 heterocycles. The molecule has 0 saturated heterocycles. The fraction of sp³-hybridized carbons (Fsp3) is 0.160. The van der Waals surface area contributed by atoms with Crippen LogP contribution in [0.15, 0.2) is 77.3 Å². The molecular formula is C25H23NO3. The van der Waals surface area contributed by atoms with E-state index in [1.807, 2.05) is 48.5 Å². The lowest BCUT2D eigenvalue weighted by molar-refractivity contribution is 0.184. The molecule has 4 aromatic rings. The molecule has 0 bridgehead atoms. The maximum absolute atomic E-state index is 9.22. The molecular weight excluding hydrogens is 362 g/mol. The molecule has 146 valence electrons. The van der Waals surface area contributed by atoms with Gasteiger partial charge in [0.2, 0.25) is 0 Å². The molecule has 1 N–H and O–H groups in total. The Morgan fingerprint density at radius 1 is 0.897 bits per heavy atom. The molecule has 1 aromatic heterocycles. The molecule has 4 nitrogen and oxygen atoms in total. The van der Waals surface area contributed by atoms with Crippen molar-refractivity contribution in [1.29, 1.82) is 0 Å². The summed E-state index contributed by atoms with van der Waals surface area (Å²) in [7, 11) is 1.70. The summed E-state index contributed by atoms with van der Waals surface area (Å²) in [6.45, 7) is 2.63. The minimum absolute atomic E-state index is 0.0256. The van der Waals surface area contributed by atoms with Crippen LogP contribution in [0.25, 0.3) is 33.7 Å². The highest BCUT2D eigenvalue weighted by Gasteiger charge is 2.17. The van der Waals surface area contributed by atoms with E-state index in [0.717, 1.165) is 27.9 Å². The van der Waals surface area contributed by atoms with Crippen molar-refractivity contribution in [2.75, 3.05) is 7.11 Å². The van der Waals surface area contributed by atoms with Gasteiger partial charge in [-0.1, -0.05) is 71.9 Å². The van der Waals surface area contributed by atoms with Crippen molar-refractivity contribution in [3.63, 3.8) is 0 Å². The Kier molecular flexibility index (Phi) is 5.56. The Hall–Kier alpha value is -3.21. The Labute approximate surface area is 170 Å². The first-order valence-electron chi connectivity index (χ1n) is 9.55. The van der Waals surface area contributed by atoms with Gasteiger partial charge in [-0.2, -0.15) is 0 Å². The molecule has 0 spiro atoms. The normalized spacial score (nSPS) is 11.0. The predicted octanol–water partition coefficient (Wildman–Crippen LogP) is 5.62. The quantitative estimate of drug-likeness (QED) is 0.468. The molecule has 0 fully saturated rings. The first-order chi connectivity index (χ1) is 14.2. The molecule has 0 unspecified atom stereocenters. The lowest BCUT2D eigenvalue weighted by atomic mass is 9.92. The summed E-state index contributed by atoms with van der Waals surface area (Å²) >= 11 is 0. The van der Waals surface area contributed by atoms with E-state index in [1.54, 1.807) is 7.11 Å². The molecule has 0 radical (unpaired) electrons. The number of aliphatic hydroxyl groups is 1. The SMILES string of the molecule is COCc1c(-c2cc(-c3ccc(CO)cc3)no2)ccc(-c2ccccc2)c1C. The molecule has 0 aliphatic rings. The van der Waals surface area contributed by atoms with Gasteiger partial charge in [-0.15, -0.1) is 0 Å². The van der Waals surface area contributed by atoms with E-state index >= 15 is 0 Å². The van der Waals surface area contributed by atoms with Crippen LogP contribution < -0.4 is 0 Å². The molecule has 0 aliphatic heterocycles. The summed E-state index contributed by atoms with van der Waals surface area (Å²) < 4.78 is 11.2. The van der Waals surface area contributed by atoms with Gasteiger partial charge in [0.1, 0.15) is 5.69 Å². The van der Waals surface area contributed by atoms with Gasteiger partial charge in [-0.3, -0.25) is 0 Å². The highest BCUT2D eigenvalue weighted by Crippen LogP contribution is 2.35. The maximum atomic E-state index is 9.22. The monoisotopic (exact) mass is 385 g/mol. The zero-order valence-electron chi connectivity index (χ0n) is 16.6. The fourth-order valence-corrected chi connectivity index (χ4v) is 3.57. The molecule has 4 rings (SSSR count). The van der Waals surface area contributed by atoms with Crippen LogP contribution in [0.3, 0.4) is 0 Å². The third kappa shape index (κ3) is 3.86. The van der Waals surface area contributed by atoms with Crippen molar-refractivity contribution in [2.24, 2.45) is 0 Å². The van der Waals surface area contributed by atoms with Crippen molar-refractivity contribution in [1.82, 2.24) is 5.16 Å². The first kappa shape index (κ1) is 19.1. The van der Waals surface area contributed by atoms with Crippen LogP contribution in [0.1, 0.15) is 16.7 Å². The van der Waals surface area contributed by atoms with Gasteiger partial charge in [0.25, 0.3) is 0 Å². The summed E-state index contributed by atoms with van der Waals surface area (Å²) in [5.41, 5.74) is 8.17. The van der Waals surface area contributed by atoms with Crippen LogP contribution in [0.2, 0.25) is 0 Å². The van der Waals surface area contributed by atoms with E-state index in [9.17, 15) is 5.11 Å². The Morgan fingerprint density at radius 2 is 1.62 bits per heavy atom. The topological polar surface area (TPSA) is 55.5 Å². The van der Waals surface area contributed by atoms with Gasteiger partial charge in [0.15, 0.2) is 5.76 Å². The van der Waals surface area contributed by atoms with Gasteiger partial charge in [-0.25, -0.2) is 0 Å². The van der Waals surface area contributed by atoms with E-state index < -0.39 is 0 Å². The van der Waals surface area contributed by atoms with E-state index in [1.165, 1.54) is 16.7 Å². The van der Waals surface area contributed by atoms with Gasteiger partial charge < -0.3 is 14.4 Å². The largest absolute Gasteiger partial charge is 0.392 e. The van der Waals surface area contributed by atoms with Crippen LogP contribution >= 0.6 is 0 Å². The summed E-state index contributed by atoms with van der Waals surface area (Å²) in [6, 6.07) is 24.1. The highest BCUT2D eigenvalue weighted by molar-refractivity contribution is 5.76. The van der Waals surface area contributed by atoms with Gasteiger partial charge >= 0.3 is 0 Å². The Morgan fingerprint density at radius 3 is 2.31 bits per heavy atom. The second-order valence-electron chi connectivity index (χ2n) is 6.99. The number of nitrogens with zero attached hydrogens (tertiary/aromatic N) is 1. The lowest BCUT2D eigenvalue weighted by Gasteiger charge is -2.15. The van der Waals surface area contributed by atoms with Crippen LogP contribution in [-0.2, 0) is 18.0 Å². The zero-order chi connectivity index (χ0) is 20.2. The van der Waals surface area contributed by atoms with Crippen LogP contribution in [-0.4, -0.2) is 17.4 Å². The number of rotatable bonds is 6. The van der Waals surface area contributed by atoms with Crippen molar-refractivity contribution in [3.05, 3.63) is 89.5 Å². The highest BCUT2D eigenvalue weighted by atomic mass is 16.5. The third-order valence-corrected chi connectivity index (χ3v) is 5.18. The van der Waals surface area contributed by atoms with Crippen molar-refractivity contribution in [2.45, 2.75) is 20.1 Å². The van der Waals surface area contributed by atoms with Crippen molar-refractivity contribution >= 4 is 0 Å². The number of ether oxygens (including phenoxy) is 1. The number of aliphatic hydroxyl groups excluding tert-OH is 1. The molecule has 3 aromatic carbocycles. The average molecular weight is 385 g/mol. The Balaban J connectivity index is 1.75. The molecule has 29 heavy (non-hydrogen) atoms. The molecule has 0 atom stereocenters. The standard InChI is InChI=1S/C25H23NO3/c1-17-21(19-6-4-3-5-7-19)12-13-22(23(17)16-28-2)25-14-24(26-29-25)20-10-8-18(15-27)9-11-20/h3-14,27H,15-16H2,1-2H3. The van der Waals surface area contributed by atoms with E-state index in [4.69, 9.17) is 9.26 Å². The summed E-state index contributed by atoms with van der Waals surface area (Å²) in [4.78, 5) is 0. The molecule has 0 amide bonds. The van der Waals surface area contributed by atoms with Crippen LogP contribution in [0.4, 0.5) is 0 Å². The number of hydrogen-bond acceptors (Lipinski definition) is 4. The van der Waals surface area contributed by atoms with Gasteiger partial charge in [-0.05, 0) is 34.7 Å². The van der Waals surface area contributed by atoms with Gasteiger partial charge in [0.05, 0.1) is 13.2 Å². The third-order valence-electron chi connectivity index (χ3n) is 5.18. The summed E-state index contributed by atoms with van der Waals surface area (Å²) in [6.07, 6.45) is 0. The zero-order valence-corrected chi connectivity index (χ0v) is 16.6. The minimum Gasteiger partial charge on any atom is -0.392 e. The molecule has 4 heteroatoms. The predicted molar refractivity (Wildman–Crippen MR) is 114 cm³/mol. The minimum atomic E-state index is 0.0256. The lowest BCUT2D eigenvalue weighted by Crippen LogP contribution is -1.98. The second kappa shape index (κ2) is 8.43. The first-order valence-corrected chi connectivity index (χ1v) is 9.55. The fourth-order valence-electron chi connectivity index (χ4n) is 3.57. The van der Waals surface area contributed by atoms with Crippen LogP contribution in [0.5, 0.6) is 0 Å². The molecule has 0 saturated carbocycles. The van der Waals surface area contributed by atoms with Crippen molar-refractivity contribution in [3.8, 4) is 33.7 Å². The number of benzene rings is 3. The number of aromatic nitrogens is 1. The molecule has 0 aliphatic carbocycles. The summed E-state index contributed by atoms with van der Waals surface area (Å²) in [5.74, 6) is 0.709. The average Bonchev–Trinajstić information content (AvgIpc) is 3.26. The number of hydrogen-bond donors (Lipinski definition) is 1. The second-order valence-corrected chi connectivity index (χ2v) is 6.99.